The van der Waals surface area contributed by atoms with Crippen LogP contribution in [0.4, 0.5) is 0 Å². The molecule has 0 amide bonds. The summed E-state index contributed by atoms with van der Waals surface area (Å²) < 4.78 is 5.81. The summed E-state index contributed by atoms with van der Waals surface area (Å²) in [5.74, 6) is 3.97. The van der Waals surface area contributed by atoms with Crippen molar-refractivity contribution in [3.8, 4) is 5.75 Å². The first-order valence-electron chi connectivity index (χ1n) is 10.7. The molecule has 0 aromatic heterocycles. The molecule has 2 aliphatic rings. The number of unbranched alkanes of at least 4 members (excludes halogenated alkanes) is 1. The second-order valence-electron chi connectivity index (χ2n) is 8.24. The van der Waals surface area contributed by atoms with Crippen molar-refractivity contribution < 1.29 is 4.74 Å². The molecule has 0 saturated heterocycles. The van der Waals surface area contributed by atoms with Gasteiger partial charge in [0.2, 0.25) is 0 Å². The normalized spacial score (nSPS) is 26.6. The van der Waals surface area contributed by atoms with Crippen molar-refractivity contribution in [1.29, 1.82) is 0 Å². The molecule has 2 aliphatic carbocycles. The standard InChI is InChI=1S/C24H36O/c1-3-5-7-19-8-10-20(11-9-19)21-12-13-23-18-24(25-16-6-4-2)15-14-22(23)17-21/h4,6,14-15,18-21H,3,5,7-13,16-17H2,1-2H3. The van der Waals surface area contributed by atoms with E-state index in [0.717, 1.165) is 23.5 Å². The lowest BCUT2D eigenvalue weighted by molar-refractivity contribution is 0.183. The average molecular weight is 341 g/mol. The van der Waals surface area contributed by atoms with Gasteiger partial charge in [-0.05, 0) is 80.0 Å². The minimum Gasteiger partial charge on any atom is -0.490 e. The molecule has 0 heterocycles. The number of aryl methyl sites for hydroxylation is 1. The zero-order valence-corrected chi connectivity index (χ0v) is 16.3. The molecule has 0 aliphatic heterocycles. The maximum Gasteiger partial charge on any atom is 0.120 e. The zero-order valence-electron chi connectivity index (χ0n) is 16.3. The van der Waals surface area contributed by atoms with E-state index in [-0.39, 0.29) is 0 Å². The van der Waals surface area contributed by atoms with Gasteiger partial charge in [0.1, 0.15) is 12.4 Å². The Morgan fingerprint density at radius 3 is 2.64 bits per heavy atom. The fourth-order valence-electron chi connectivity index (χ4n) is 4.93. The number of rotatable bonds is 7. The van der Waals surface area contributed by atoms with Gasteiger partial charge in [-0.2, -0.15) is 0 Å². The topological polar surface area (TPSA) is 9.23 Å². The summed E-state index contributed by atoms with van der Waals surface area (Å²) in [5, 5.41) is 0. The largest absolute Gasteiger partial charge is 0.490 e. The number of ether oxygens (including phenoxy) is 1. The minimum absolute atomic E-state index is 0.680. The van der Waals surface area contributed by atoms with E-state index in [4.69, 9.17) is 4.74 Å². The van der Waals surface area contributed by atoms with E-state index in [1.165, 1.54) is 69.8 Å². The number of hydrogen-bond donors (Lipinski definition) is 0. The van der Waals surface area contributed by atoms with Crippen LogP contribution in [0.1, 0.15) is 76.3 Å². The van der Waals surface area contributed by atoms with Crippen molar-refractivity contribution >= 4 is 0 Å². The molecule has 1 aromatic carbocycles. The van der Waals surface area contributed by atoms with E-state index >= 15 is 0 Å². The third-order valence-electron chi connectivity index (χ3n) is 6.55. The van der Waals surface area contributed by atoms with Crippen molar-refractivity contribution in [3.05, 3.63) is 41.5 Å². The maximum absolute atomic E-state index is 5.81. The van der Waals surface area contributed by atoms with Gasteiger partial charge in [-0.1, -0.05) is 57.2 Å². The molecule has 1 atom stereocenters. The monoisotopic (exact) mass is 340 g/mol. The Morgan fingerprint density at radius 1 is 1.04 bits per heavy atom. The third kappa shape index (κ3) is 5.12. The highest BCUT2D eigenvalue weighted by Crippen LogP contribution is 2.41. The molecule has 1 heteroatoms. The van der Waals surface area contributed by atoms with Crippen LogP contribution in [0, 0.1) is 17.8 Å². The number of benzene rings is 1. The SMILES string of the molecule is CC=CCOc1ccc2c(c1)CCC(C1CCC(CCCC)CC1)C2. The van der Waals surface area contributed by atoms with Gasteiger partial charge < -0.3 is 4.74 Å². The number of allylic oxidation sites excluding steroid dienone is 1. The van der Waals surface area contributed by atoms with E-state index in [9.17, 15) is 0 Å². The van der Waals surface area contributed by atoms with Crippen molar-refractivity contribution in [3.63, 3.8) is 0 Å². The molecule has 1 fully saturated rings. The Kier molecular flexibility index (Phi) is 7.02. The first kappa shape index (κ1) is 18.5. The van der Waals surface area contributed by atoms with Gasteiger partial charge in [0.25, 0.3) is 0 Å². The van der Waals surface area contributed by atoms with Crippen molar-refractivity contribution in [2.45, 2.75) is 78.1 Å². The molecule has 0 N–H and O–H groups in total. The molecule has 1 aromatic rings. The highest BCUT2D eigenvalue weighted by atomic mass is 16.5. The second kappa shape index (κ2) is 9.46. The molecule has 0 spiro atoms. The summed E-state index contributed by atoms with van der Waals surface area (Å²) in [6, 6.07) is 6.79. The Bertz CT molecular complexity index is 551. The highest BCUT2D eigenvalue weighted by molar-refractivity contribution is 5.37. The minimum atomic E-state index is 0.680. The molecule has 0 bridgehead atoms. The molecule has 138 valence electrons. The van der Waals surface area contributed by atoms with Crippen LogP contribution >= 0.6 is 0 Å². The molecule has 25 heavy (non-hydrogen) atoms. The summed E-state index contributed by atoms with van der Waals surface area (Å²) >= 11 is 0. The highest BCUT2D eigenvalue weighted by Gasteiger charge is 2.30. The second-order valence-corrected chi connectivity index (χ2v) is 8.24. The van der Waals surface area contributed by atoms with Crippen LogP contribution in [-0.2, 0) is 12.8 Å². The van der Waals surface area contributed by atoms with Gasteiger partial charge >= 0.3 is 0 Å². The molecule has 3 rings (SSSR count). The lowest BCUT2D eigenvalue weighted by atomic mass is 9.69. The van der Waals surface area contributed by atoms with Crippen LogP contribution in [0.2, 0.25) is 0 Å². The van der Waals surface area contributed by atoms with Crippen molar-refractivity contribution in [2.75, 3.05) is 6.61 Å². The van der Waals surface area contributed by atoms with E-state index < -0.39 is 0 Å². The van der Waals surface area contributed by atoms with Crippen molar-refractivity contribution in [1.82, 2.24) is 0 Å². The zero-order chi connectivity index (χ0) is 17.5. The van der Waals surface area contributed by atoms with Gasteiger partial charge in [-0.25, -0.2) is 0 Å². The molecule has 1 nitrogen and oxygen atoms in total. The predicted octanol–water partition coefficient (Wildman–Crippen LogP) is 6.74. The summed E-state index contributed by atoms with van der Waals surface area (Å²) in [6.45, 7) is 5.04. The van der Waals surface area contributed by atoms with Crippen LogP contribution in [-0.4, -0.2) is 6.61 Å². The van der Waals surface area contributed by atoms with E-state index in [1.54, 1.807) is 5.56 Å². The predicted molar refractivity (Wildman–Crippen MR) is 107 cm³/mol. The van der Waals surface area contributed by atoms with E-state index in [0.29, 0.717) is 6.61 Å². The van der Waals surface area contributed by atoms with Gasteiger partial charge in [0.05, 0.1) is 0 Å². The molecule has 1 saturated carbocycles. The average Bonchev–Trinajstić information content (AvgIpc) is 2.66. The Hall–Kier alpha value is -1.24. The van der Waals surface area contributed by atoms with E-state index in [2.05, 4.69) is 31.2 Å². The number of fused-ring (bicyclic) bond motifs is 1. The van der Waals surface area contributed by atoms with Crippen LogP contribution < -0.4 is 4.74 Å². The smallest absolute Gasteiger partial charge is 0.120 e. The Labute approximate surface area is 154 Å². The quantitative estimate of drug-likeness (QED) is 0.499. The Morgan fingerprint density at radius 2 is 1.88 bits per heavy atom. The first-order valence-corrected chi connectivity index (χ1v) is 10.7. The van der Waals surface area contributed by atoms with Gasteiger partial charge in [0, 0.05) is 0 Å². The third-order valence-corrected chi connectivity index (χ3v) is 6.55. The molecular weight excluding hydrogens is 304 g/mol. The van der Waals surface area contributed by atoms with Crippen LogP contribution in [0.5, 0.6) is 5.75 Å². The molecular formula is C24H36O. The summed E-state index contributed by atoms with van der Waals surface area (Å²) in [7, 11) is 0. The van der Waals surface area contributed by atoms with Crippen LogP contribution in [0.25, 0.3) is 0 Å². The summed E-state index contributed by atoms with van der Waals surface area (Å²) in [4.78, 5) is 0. The summed E-state index contributed by atoms with van der Waals surface area (Å²) in [6.07, 6.45) is 18.3. The molecule has 0 radical (unpaired) electrons. The van der Waals surface area contributed by atoms with Gasteiger partial charge in [-0.3, -0.25) is 0 Å². The fraction of sp³-hybridized carbons (Fsp3) is 0.667. The molecule has 1 unspecified atom stereocenters. The number of hydrogen-bond acceptors (Lipinski definition) is 1. The van der Waals surface area contributed by atoms with Crippen LogP contribution in [0.15, 0.2) is 30.4 Å². The van der Waals surface area contributed by atoms with Gasteiger partial charge in [-0.15, -0.1) is 0 Å². The van der Waals surface area contributed by atoms with Crippen molar-refractivity contribution in [2.24, 2.45) is 17.8 Å². The van der Waals surface area contributed by atoms with E-state index in [1.807, 2.05) is 13.0 Å². The van der Waals surface area contributed by atoms with Crippen LogP contribution in [0.3, 0.4) is 0 Å². The van der Waals surface area contributed by atoms with Gasteiger partial charge in [0.15, 0.2) is 0 Å². The first-order chi connectivity index (χ1) is 12.3. The fourth-order valence-corrected chi connectivity index (χ4v) is 4.93. The lowest BCUT2D eigenvalue weighted by Crippen LogP contribution is -2.26. The lowest BCUT2D eigenvalue weighted by Gasteiger charge is -2.36. The summed E-state index contributed by atoms with van der Waals surface area (Å²) in [5.41, 5.74) is 3.12. The Balaban J connectivity index is 1.51. The maximum atomic E-state index is 5.81.